The Morgan fingerprint density at radius 3 is 2.37 bits per heavy atom. The van der Waals surface area contributed by atoms with Gasteiger partial charge in [-0.15, -0.1) is 0 Å². The van der Waals surface area contributed by atoms with E-state index in [4.69, 9.17) is 15.2 Å². The third-order valence-electron chi connectivity index (χ3n) is 2.66. The highest BCUT2D eigenvalue weighted by atomic mass is 79.9. The predicted molar refractivity (Wildman–Crippen MR) is 81.4 cm³/mol. The summed E-state index contributed by atoms with van der Waals surface area (Å²) in [6.07, 6.45) is 0. The van der Waals surface area contributed by atoms with E-state index in [2.05, 4.69) is 21.2 Å². The summed E-state index contributed by atoms with van der Waals surface area (Å²) < 4.78 is 11.5. The highest BCUT2D eigenvalue weighted by Gasteiger charge is 2.09. The summed E-state index contributed by atoms with van der Waals surface area (Å²) in [6.45, 7) is 0. The minimum absolute atomic E-state index is 0.595. The predicted octanol–water partition coefficient (Wildman–Crippen LogP) is 3.79. The third-order valence-corrected chi connectivity index (χ3v) is 3.15. The summed E-state index contributed by atoms with van der Waals surface area (Å²) in [5.74, 6) is 1.24. The van der Waals surface area contributed by atoms with Crippen molar-refractivity contribution < 1.29 is 9.47 Å². The van der Waals surface area contributed by atoms with Gasteiger partial charge in [0.15, 0.2) is 11.5 Å². The molecule has 100 valence electrons. The van der Waals surface area contributed by atoms with Crippen LogP contribution in [-0.4, -0.2) is 14.2 Å². The Bertz CT molecular complexity index is 588. The van der Waals surface area contributed by atoms with Crippen LogP contribution in [0.15, 0.2) is 40.9 Å². The van der Waals surface area contributed by atoms with E-state index in [1.54, 1.807) is 20.3 Å². The third kappa shape index (κ3) is 3.12. The molecule has 19 heavy (non-hydrogen) atoms. The van der Waals surface area contributed by atoms with Crippen molar-refractivity contribution >= 4 is 33.0 Å². The number of halogens is 1. The van der Waals surface area contributed by atoms with Crippen molar-refractivity contribution in [1.82, 2.24) is 0 Å². The maximum Gasteiger partial charge on any atom is 0.162 e. The highest BCUT2D eigenvalue weighted by Crippen LogP contribution is 2.36. The Kier molecular flexibility index (Phi) is 4.16. The molecular weight excluding hydrogens is 308 g/mol. The van der Waals surface area contributed by atoms with Crippen LogP contribution in [-0.2, 0) is 0 Å². The van der Waals surface area contributed by atoms with Gasteiger partial charge in [-0.25, -0.2) is 0 Å². The molecule has 0 amide bonds. The molecule has 2 aromatic carbocycles. The molecule has 0 saturated carbocycles. The van der Waals surface area contributed by atoms with E-state index in [1.807, 2.05) is 30.3 Å². The van der Waals surface area contributed by atoms with Gasteiger partial charge in [0.2, 0.25) is 0 Å². The highest BCUT2D eigenvalue weighted by molar-refractivity contribution is 9.10. The van der Waals surface area contributed by atoms with Crippen molar-refractivity contribution in [2.75, 3.05) is 25.3 Å². The first-order chi connectivity index (χ1) is 9.13. The second kappa shape index (κ2) is 5.84. The Balaban J connectivity index is 2.35. The van der Waals surface area contributed by atoms with Crippen molar-refractivity contribution in [3.63, 3.8) is 0 Å². The lowest BCUT2D eigenvalue weighted by atomic mass is 10.2. The standard InChI is InChI=1S/C14H15BrN2O2/c1-18-13-7-11(16)12(8-14(13)19-2)17-10-5-3-4-9(15)6-10/h3-8,17H,16H2,1-2H3. The fraction of sp³-hybridized carbons (Fsp3) is 0.143. The van der Waals surface area contributed by atoms with Gasteiger partial charge in [-0.05, 0) is 18.2 Å². The van der Waals surface area contributed by atoms with Crippen molar-refractivity contribution in [3.8, 4) is 11.5 Å². The van der Waals surface area contributed by atoms with Crippen LogP contribution in [0, 0.1) is 0 Å². The van der Waals surface area contributed by atoms with Crippen molar-refractivity contribution in [2.45, 2.75) is 0 Å². The lowest BCUT2D eigenvalue weighted by Crippen LogP contribution is -1.99. The van der Waals surface area contributed by atoms with E-state index in [-0.39, 0.29) is 0 Å². The molecule has 0 aliphatic heterocycles. The molecular formula is C14H15BrN2O2. The number of methoxy groups -OCH3 is 2. The van der Waals surface area contributed by atoms with Gasteiger partial charge >= 0.3 is 0 Å². The van der Waals surface area contributed by atoms with Gasteiger partial charge in [-0.2, -0.15) is 0 Å². The van der Waals surface area contributed by atoms with Crippen LogP contribution in [0.1, 0.15) is 0 Å². The first kappa shape index (κ1) is 13.5. The fourth-order valence-corrected chi connectivity index (χ4v) is 2.12. The Morgan fingerprint density at radius 2 is 1.74 bits per heavy atom. The van der Waals surface area contributed by atoms with Crippen molar-refractivity contribution in [3.05, 3.63) is 40.9 Å². The van der Waals surface area contributed by atoms with Crippen LogP contribution in [0.3, 0.4) is 0 Å². The Hall–Kier alpha value is -1.88. The van der Waals surface area contributed by atoms with Gasteiger partial charge in [0, 0.05) is 22.3 Å². The molecule has 0 atom stereocenters. The first-order valence-electron chi connectivity index (χ1n) is 5.68. The van der Waals surface area contributed by atoms with E-state index < -0.39 is 0 Å². The molecule has 0 heterocycles. The second-order valence-corrected chi connectivity index (χ2v) is 4.85. The molecule has 5 heteroatoms. The van der Waals surface area contributed by atoms with Crippen molar-refractivity contribution in [2.24, 2.45) is 0 Å². The van der Waals surface area contributed by atoms with E-state index in [0.29, 0.717) is 17.2 Å². The molecule has 3 N–H and O–H groups in total. The van der Waals surface area contributed by atoms with E-state index in [0.717, 1.165) is 15.8 Å². The summed E-state index contributed by atoms with van der Waals surface area (Å²) in [6, 6.07) is 11.4. The summed E-state index contributed by atoms with van der Waals surface area (Å²) in [4.78, 5) is 0. The van der Waals surface area contributed by atoms with Crippen molar-refractivity contribution in [1.29, 1.82) is 0 Å². The average molecular weight is 323 g/mol. The largest absolute Gasteiger partial charge is 0.493 e. The molecule has 0 aliphatic rings. The molecule has 0 radical (unpaired) electrons. The van der Waals surface area contributed by atoms with Gasteiger partial charge in [0.05, 0.1) is 25.6 Å². The Morgan fingerprint density at radius 1 is 1.05 bits per heavy atom. The molecule has 2 aromatic rings. The zero-order chi connectivity index (χ0) is 13.8. The van der Waals surface area contributed by atoms with Gasteiger partial charge in [-0.1, -0.05) is 22.0 Å². The number of nitrogens with two attached hydrogens (primary N) is 1. The van der Waals surface area contributed by atoms with Crippen LogP contribution in [0.2, 0.25) is 0 Å². The Labute approximate surface area is 120 Å². The molecule has 0 saturated heterocycles. The van der Waals surface area contributed by atoms with Gasteiger partial charge < -0.3 is 20.5 Å². The number of hydrogen-bond acceptors (Lipinski definition) is 4. The van der Waals surface area contributed by atoms with Crippen LogP contribution < -0.4 is 20.5 Å². The van der Waals surface area contributed by atoms with Crippen LogP contribution in [0.25, 0.3) is 0 Å². The number of nitrogen functional groups attached to an aromatic ring is 1. The maximum atomic E-state index is 6.00. The smallest absolute Gasteiger partial charge is 0.162 e. The monoisotopic (exact) mass is 322 g/mol. The lowest BCUT2D eigenvalue weighted by molar-refractivity contribution is 0.355. The topological polar surface area (TPSA) is 56.5 Å². The van der Waals surface area contributed by atoms with Crippen LogP contribution >= 0.6 is 15.9 Å². The van der Waals surface area contributed by atoms with Gasteiger partial charge in [-0.3, -0.25) is 0 Å². The SMILES string of the molecule is COc1cc(N)c(Nc2cccc(Br)c2)cc1OC. The number of nitrogens with one attached hydrogen (secondary N) is 1. The average Bonchev–Trinajstić information content (AvgIpc) is 2.40. The van der Waals surface area contributed by atoms with Gasteiger partial charge in [0.1, 0.15) is 0 Å². The van der Waals surface area contributed by atoms with Crippen LogP contribution in [0.5, 0.6) is 11.5 Å². The number of ether oxygens (including phenoxy) is 2. The zero-order valence-corrected chi connectivity index (χ0v) is 12.3. The minimum atomic E-state index is 0.595. The molecule has 0 bridgehead atoms. The molecule has 4 nitrogen and oxygen atoms in total. The number of hydrogen-bond donors (Lipinski definition) is 2. The lowest BCUT2D eigenvalue weighted by Gasteiger charge is -2.14. The van der Waals surface area contributed by atoms with E-state index in [9.17, 15) is 0 Å². The van der Waals surface area contributed by atoms with Gasteiger partial charge in [0.25, 0.3) is 0 Å². The second-order valence-electron chi connectivity index (χ2n) is 3.93. The quantitative estimate of drug-likeness (QED) is 0.841. The normalized spacial score (nSPS) is 10.1. The number of anilines is 3. The molecule has 0 spiro atoms. The summed E-state index contributed by atoms with van der Waals surface area (Å²) >= 11 is 3.43. The summed E-state index contributed by atoms with van der Waals surface area (Å²) in [7, 11) is 3.18. The first-order valence-corrected chi connectivity index (χ1v) is 6.47. The molecule has 0 aromatic heterocycles. The minimum Gasteiger partial charge on any atom is -0.493 e. The number of rotatable bonds is 4. The van der Waals surface area contributed by atoms with Crippen LogP contribution in [0.4, 0.5) is 17.1 Å². The maximum absolute atomic E-state index is 6.00. The zero-order valence-electron chi connectivity index (χ0n) is 10.7. The molecule has 0 unspecified atom stereocenters. The number of benzene rings is 2. The molecule has 0 aliphatic carbocycles. The molecule has 2 rings (SSSR count). The summed E-state index contributed by atoms with van der Waals surface area (Å²) in [5.41, 5.74) is 8.30. The fourth-order valence-electron chi connectivity index (χ4n) is 1.72. The summed E-state index contributed by atoms with van der Waals surface area (Å²) in [5, 5.41) is 3.25. The van der Waals surface area contributed by atoms with E-state index >= 15 is 0 Å². The molecule has 0 fully saturated rings. The van der Waals surface area contributed by atoms with E-state index in [1.165, 1.54) is 0 Å².